The van der Waals surface area contributed by atoms with Gasteiger partial charge in [-0.3, -0.25) is 15.0 Å². The second-order valence-corrected chi connectivity index (χ2v) is 18.6. The average Bonchev–Trinajstić information content (AvgIpc) is 2.80. The molecular weight excluding hydrogens is 508 g/mol. The lowest BCUT2D eigenvalue weighted by Crippen LogP contribution is -2.16. The van der Waals surface area contributed by atoms with Crippen LogP contribution in [0.3, 0.4) is 0 Å². The minimum atomic E-state index is -1.27. The third-order valence-corrected chi connectivity index (χ3v) is 4.96. The van der Waals surface area contributed by atoms with E-state index in [9.17, 15) is 0 Å². The highest BCUT2D eigenvalue weighted by Crippen LogP contribution is 1.98. The molecule has 0 saturated carbocycles. The first-order valence-corrected chi connectivity index (χ1v) is 17.7. The summed E-state index contributed by atoms with van der Waals surface area (Å²) in [6, 6.07) is 0. The van der Waals surface area contributed by atoms with Gasteiger partial charge < -0.3 is 0 Å². The molecule has 0 aromatic carbocycles. The van der Waals surface area contributed by atoms with Gasteiger partial charge in [-0.15, -0.1) is 23.9 Å². The highest BCUT2D eigenvalue weighted by atomic mass is 79.9. The van der Waals surface area contributed by atoms with Gasteiger partial charge in [-0.1, -0.05) is 45.2 Å². The SMILES string of the molecule is Brc1cnccn1.C#C[Si](C)(C)C.C#Cc1cnccn1.C[Si](C)(C)C#Cc1cnccn1. The van der Waals surface area contributed by atoms with Crippen molar-refractivity contribution in [1.82, 2.24) is 29.9 Å². The molecular formula is C24H29BrN6Si2. The highest BCUT2D eigenvalue weighted by Gasteiger charge is 2.07. The van der Waals surface area contributed by atoms with Crippen molar-refractivity contribution in [2.45, 2.75) is 39.3 Å². The minimum absolute atomic E-state index is 0.576. The predicted molar refractivity (Wildman–Crippen MR) is 144 cm³/mol. The number of aromatic nitrogens is 6. The van der Waals surface area contributed by atoms with Crippen LogP contribution in [0, 0.1) is 35.8 Å². The van der Waals surface area contributed by atoms with Crippen molar-refractivity contribution >= 4 is 32.1 Å². The van der Waals surface area contributed by atoms with Crippen LogP contribution in [0.2, 0.25) is 39.3 Å². The van der Waals surface area contributed by atoms with Crippen LogP contribution in [0.1, 0.15) is 11.4 Å². The van der Waals surface area contributed by atoms with Gasteiger partial charge in [0.15, 0.2) is 0 Å². The molecule has 0 aliphatic rings. The zero-order valence-corrected chi connectivity index (χ0v) is 23.5. The van der Waals surface area contributed by atoms with E-state index in [-0.39, 0.29) is 0 Å². The zero-order valence-electron chi connectivity index (χ0n) is 19.9. The topological polar surface area (TPSA) is 77.3 Å². The molecule has 6 nitrogen and oxygen atoms in total. The number of terminal acetylenes is 2. The smallest absolute Gasteiger partial charge is 0.131 e. The summed E-state index contributed by atoms with van der Waals surface area (Å²) < 4.78 is 0.773. The van der Waals surface area contributed by atoms with Gasteiger partial charge in [0.25, 0.3) is 0 Å². The molecule has 0 spiro atoms. The molecule has 3 rings (SSSR count). The number of hydrogen-bond acceptors (Lipinski definition) is 6. The summed E-state index contributed by atoms with van der Waals surface area (Å²) in [5, 5.41) is 0. The Balaban J connectivity index is 0.000000431. The maximum Gasteiger partial charge on any atom is 0.131 e. The van der Waals surface area contributed by atoms with Crippen LogP contribution in [0.25, 0.3) is 0 Å². The Kier molecular flexibility index (Phi) is 14.9. The van der Waals surface area contributed by atoms with Gasteiger partial charge in [-0.05, 0) is 21.9 Å². The summed E-state index contributed by atoms with van der Waals surface area (Å²) in [7, 11) is -2.37. The number of nitrogens with zero attached hydrogens (tertiary/aromatic N) is 6. The van der Waals surface area contributed by atoms with Crippen molar-refractivity contribution in [3.8, 4) is 35.8 Å². The van der Waals surface area contributed by atoms with E-state index in [1.165, 1.54) is 0 Å². The van der Waals surface area contributed by atoms with E-state index in [1.54, 1.807) is 55.8 Å². The van der Waals surface area contributed by atoms with Crippen molar-refractivity contribution < 1.29 is 0 Å². The van der Waals surface area contributed by atoms with Crippen LogP contribution < -0.4 is 0 Å². The summed E-state index contributed by atoms with van der Waals surface area (Å²) >= 11 is 3.14. The normalized spacial score (nSPS) is 9.36. The zero-order chi connectivity index (χ0) is 25.2. The Labute approximate surface area is 208 Å². The molecule has 0 fully saturated rings. The fourth-order valence-electron chi connectivity index (χ4n) is 1.27. The maximum absolute atomic E-state index is 5.12. The number of rotatable bonds is 0. The molecule has 0 saturated heterocycles. The van der Waals surface area contributed by atoms with E-state index < -0.39 is 16.1 Å². The van der Waals surface area contributed by atoms with Gasteiger partial charge in [0, 0.05) is 37.2 Å². The fraction of sp³-hybridized carbons (Fsp3) is 0.250. The largest absolute Gasteiger partial charge is 0.260 e. The van der Waals surface area contributed by atoms with Crippen molar-refractivity contribution in [3.63, 3.8) is 0 Å². The molecule has 0 aliphatic heterocycles. The molecule has 33 heavy (non-hydrogen) atoms. The Morgan fingerprint density at radius 2 is 1.12 bits per heavy atom. The monoisotopic (exact) mass is 536 g/mol. The first-order valence-electron chi connectivity index (χ1n) is 9.88. The summed E-state index contributed by atoms with van der Waals surface area (Å²) in [4.78, 5) is 23.2. The van der Waals surface area contributed by atoms with E-state index in [4.69, 9.17) is 12.8 Å². The molecule has 0 N–H and O–H groups in total. The van der Waals surface area contributed by atoms with Crippen LogP contribution >= 0.6 is 15.9 Å². The lowest BCUT2D eigenvalue weighted by molar-refractivity contribution is 1.16. The van der Waals surface area contributed by atoms with E-state index in [0.29, 0.717) is 5.69 Å². The molecule has 0 atom stereocenters. The van der Waals surface area contributed by atoms with Gasteiger partial charge in [-0.2, -0.15) is 0 Å². The first kappa shape index (κ1) is 29.8. The van der Waals surface area contributed by atoms with E-state index in [1.807, 2.05) is 0 Å². The first-order chi connectivity index (χ1) is 15.5. The Hall–Kier alpha value is -3.17. The minimum Gasteiger partial charge on any atom is -0.260 e. The second-order valence-electron chi connectivity index (χ2n) is 8.25. The molecule has 9 heteroatoms. The Bertz CT molecular complexity index is 1060. The van der Waals surface area contributed by atoms with Crippen molar-refractivity contribution in [3.05, 3.63) is 71.8 Å². The quantitative estimate of drug-likeness (QED) is 0.300. The standard InChI is InChI=1S/C9H12N2Si.C6H4N2.C5H10Si.C4H3BrN2/c1-12(2,3)7-4-9-8-10-5-6-11-9;1-2-6-5-7-3-4-8-6;1-5-6(2,3)4;5-4-3-6-1-2-7-4/h5-6,8H,1-3H3;1,3-5H;1H,2-4H3;1-3H. The maximum atomic E-state index is 5.12. The van der Waals surface area contributed by atoms with Crippen LogP contribution in [0.5, 0.6) is 0 Å². The third-order valence-electron chi connectivity index (χ3n) is 2.80. The molecule has 3 aromatic rings. The summed E-state index contributed by atoms with van der Waals surface area (Å²) in [6.45, 7) is 13.1. The second kappa shape index (κ2) is 16.5. The van der Waals surface area contributed by atoms with E-state index in [2.05, 4.69) is 108 Å². The summed E-state index contributed by atoms with van der Waals surface area (Å²) in [6.07, 6.45) is 24.7. The van der Waals surface area contributed by atoms with Gasteiger partial charge in [0.2, 0.25) is 0 Å². The third kappa shape index (κ3) is 20.5. The van der Waals surface area contributed by atoms with Gasteiger partial charge >= 0.3 is 0 Å². The van der Waals surface area contributed by atoms with Crippen molar-refractivity contribution in [2.75, 3.05) is 0 Å². The molecule has 3 aromatic heterocycles. The summed E-state index contributed by atoms with van der Waals surface area (Å²) in [5.74, 6) is 5.38. The number of hydrogen-bond donors (Lipinski definition) is 0. The van der Waals surface area contributed by atoms with Crippen molar-refractivity contribution in [2.24, 2.45) is 0 Å². The average molecular weight is 538 g/mol. The summed E-state index contributed by atoms with van der Waals surface area (Å²) in [5.41, 5.74) is 7.31. The molecule has 0 amide bonds. The fourth-order valence-corrected chi connectivity index (χ4v) is 2.01. The van der Waals surface area contributed by atoms with Gasteiger partial charge in [0.1, 0.15) is 32.1 Å². The predicted octanol–water partition coefficient (Wildman–Crippen LogP) is 4.90. The molecule has 0 aliphatic carbocycles. The molecule has 0 radical (unpaired) electrons. The molecule has 0 bridgehead atoms. The highest BCUT2D eigenvalue weighted by molar-refractivity contribution is 9.10. The van der Waals surface area contributed by atoms with Crippen molar-refractivity contribution in [1.29, 1.82) is 0 Å². The van der Waals surface area contributed by atoms with E-state index >= 15 is 0 Å². The van der Waals surface area contributed by atoms with Crippen LogP contribution in [0.15, 0.2) is 60.4 Å². The molecule has 0 unspecified atom stereocenters. The van der Waals surface area contributed by atoms with Crippen LogP contribution in [0.4, 0.5) is 0 Å². The van der Waals surface area contributed by atoms with Crippen LogP contribution in [-0.2, 0) is 0 Å². The Morgan fingerprint density at radius 3 is 1.36 bits per heavy atom. The number of halogens is 1. The lowest BCUT2D eigenvalue weighted by Gasteiger charge is -2.02. The van der Waals surface area contributed by atoms with Gasteiger partial charge in [-0.25, -0.2) is 15.0 Å². The Morgan fingerprint density at radius 1 is 0.667 bits per heavy atom. The lowest BCUT2D eigenvalue weighted by atomic mass is 10.5. The van der Waals surface area contributed by atoms with Gasteiger partial charge in [0.05, 0.1) is 18.6 Å². The molecule has 3 heterocycles. The molecule has 170 valence electrons. The van der Waals surface area contributed by atoms with E-state index in [0.717, 1.165) is 10.3 Å². The van der Waals surface area contributed by atoms with Crippen LogP contribution in [-0.4, -0.2) is 46.1 Å².